The van der Waals surface area contributed by atoms with Crippen LogP contribution in [-0.4, -0.2) is 115 Å². The normalized spacial score (nSPS) is 16.9. The first kappa shape index (κ1) is 37.6. The number of nitrogens with zero attached hydrogens (tertiary/aromatic N) is 6. The van der Waals surface area contributed by atoms with E-state index in [1.54, 1.807) is 58.3 Å². The molecule has 14 heteroatoms. The van der Waals surface area contributed by atoms with Crippen molar-refractivity contribution < 1.29 is 28.7 Å². The maximum atomic E-state index is 14.4. The number of ether oxygens (including phenoxy) is 2. The van der Waals surface area contributed by atoms with Crippen molar-refractivity contribution in [1.29, 1.82) is 5.26 Å². The molecule has 2 fully saturated rings. The van der Waals surface area contributed by atoms with E-state index < -0.39 is 24.3 Å². The van der Waals surface area contributed by atoms with E-state index in [0.717, 1.165) is 27.5 Å². The number of likely N-dealkylation sites (N-methyl/N-ethyl adjacent to an activating group) is 1. The number of methoxy groups -OCH3 is 1. The molecule has 0 aliphatic carbocycles. The minimum atomic E-state index is -0.899. The summed E-state index contributed by atoms with van der Waals surface area (Å²) in [4.78, 5) is 59.5. The molecule has 2 aliphatic heterocycles. The number of fused-ring (bicyclic) bond motifs is 2. The molecule has 2 N–H and O–H groups in total. The average Bonchev–Trinajstić information content (AvgIpc) is 3.50. The molecule has 0 bridgehead atoms. The highest BCUT2D eigenvalue weighted by molar-refractivity contribution is 5.92. The van der Waals surface area contributed by atoms with Crippen molar-refractivity contribution in [2.75, 3.05) is 53.9 Å². The summed E-state index contributed by atoms with van der Waals surface area (Å²) >= 11 is 0. The molecule has 0 aromatic heterocycles. The second-order valence-corrected chi connectivity index (χ2v) is 13.4. The number of urea groups is 1. The van der Waals surface area contributed by atoms with Gasteiger partial charge >= 0.3 is 12.1 Å². The first-order valence-electron chi connectivity index (χ1n) is 17.7. The zero-order valence-electron chi connectivity index (χ0n) is 30.6. The number of hydrogen-bond acceptors (Lipinski definition) is 9. The van der Waals surface area contributed by atoms with Crippen LogP contribution in [0.25, 0.3) is 10.8 Å². The lowest BCUT2D eigenvalue weighted by atomic mass is 9.99. The Bertz CT molecular complexity index is 2010. The molecule has 6 rings (SSSR count). The van der Waals surface area contributed by atoms with Gasteiger partial charge in [-0.2, -0.15) is 10.3 Å². The van der Waals surface area contributed by atoms with Gasteiger partial charge in [0.25, 0.3) is 0 Å². The van der Waals surface area contributed by atoms with Gasteiger partial charge in [-0.25, -0.2) is 14.6 Å². The lowest BCUT2D eigenvalue weighted by Gasteiger charge is -2.46. The summed E-state index contributed by atoms with van der Waals surface area (Å²) in [6.07, 6.45) is -1.11. The molecule has 2 saturated heterocycles. The van der Waals surface area contributed by atoms with Gasteiger partial charge in [-0.05, 0) is 65.8 Å². The lowest BCUT2D eigenvalue weighted by molar-refractivity contribution is -0.157. The summed E-state index contributed by atoms with van der Waals surface area (Å²) in [5.41, 5.74) is 2.52. The monoisotopic (exact) mass is 732 g/mol. The lowest BCUT2D eigenvalue weighted by Crippen LogP contribution is -2.66. The number of piperazine rings is 1. The van der Waals surface area contributed by atoms with Crippen LogP contribution >= 0.6 is 0 Å². The molecule has 2 atom stereocenters. The van der Waals surface area contributed by atoms with Crippen LogP contribution in [0.4, 0.5) is 9.59 Å². The van der Waals surface area contributed by atoms with Gasteiger partial charge in [-0.1, -0.05) is 66.7 Å². The Hall–Kier alpha value is -6.17. The summed E-state index contributed by atoms with van der Waals surface area (Å²) in [6.45, 7) is 1.18. The number of carbonyl (C=O) groups excluding carboxylic acids is 4. The van der Waals surface area contributed by atoms with Gasteiger partial charge in [0.15, 0.2) is 0 Å². The van der Waals surface area contributed by atoms with Crippen molar-refractivity contribution >= 4 is 34.7 Å². The topological polar surface area (TPSA) is 151 Å². The van der Waals surface area contributed by atoms with Crippen LogP contribution in [0.1, 0.15) is 16.7 Å². The van der Waals surface area contributed by atoms with Crippen LogP contribution in [-0.2, 0) is 29.1 Å². The molecule has 0 spiro atoms. The summed E-state index contributed by atoms with van der Waals surface area (Å²) in [7, 11) is 5.39. The van der Waals surface area contributed by atoms with Crippen LogP contribution < -0.4 is 20.1 Å². The molecular formula is C40H44N8O6. The van der Waals surface area contributed by atoms with Crippen molar-refractivity contribution in [2.45, 2.75) is 31.7 Å². The zero-order chi connectivity index (χ0) is 38.2. The van der Waals surface area contributed by atoms with Crippen molar-refractivity contribution in [3.63, 3.8) is 0 Å². The van der Waals surface area contributed by atoms with Gasteiger partial charge in [0.1, 0.15) is 30.3 Å². The largest absolute Gasteiger partial charge is 0.497 e. The van der Waals surface area contributed by atoms with Crippen molar-refractivity contribution in [1.82, 2.24) is 35.4 Å². The molecule has 4 aromatic carbocycles. The van der Waals surface area contributed by atoms with E-state index in [2.05, 4.69) is 16.7 Å². The number of carbonyl (C=O) groups is 4. The van der Waals surface area contributed by atoms with E-state index in [-0.39, 0.29) is 51.0 Å². The third-order valence-electron chi connectivity index (χ3n) is 9.57. The number of hydrogen-bond donors (Lipinski definition) is 2. The molecule has 4 aromatic rings. The minimum Gasteiger partial charge on any atom is -0.497 e. The highest BCUT2D eigenvalue weighted by Gasteiger charge is 2.52. The predicted molar refractivity (Wildman–Crippen MR) is 201 cm³/mol. The Morgan fingerprint density at radius 2 is 1.61 bits per heavy atom. The Morgan fingerprint density at radius 1 is 0.907 bits per heavy atom. The van der Waals surface area contributed by atoms with E-state index in [1.807, 2.05) is 73.6 Å². The van der Waals surface area contributed by atoms with Gasteiger partial charge < -0.3 is 34.8 Å². The van der Waals surface area contributed by atoms with Crippen LogP contribution in [0.5, 0.6) is 11.5 Å². The number of hydrazine groups is 1. The van der Waals surface area contributed by atoms with Gasteiger partial charge in [-0.15, -0.1) is 0 Å². The maximum absolute atomic E-state index is 14.4. The second-order valence-electron chi connectivity index (χ2n) is 13.4. The van der Waals surface area contributed by atoms with E-state index in [0.29, 0.717) is 24.6 Å². The van der Waals surface area contributed by atoms with Gasteiger partial charge in [-0.3, -0.25) is 9.59 Å². The number of rotatable bonds is 13. The Labute approximate surface area is 314 Å². The number of nitrogens with one attached hydrogen (secondary N) is 2. The highest BCUT2D eigenvalue weighted by Crippen LogP contribution is 2.31. The van der Waals surface area contributed by atoms with E-state index in [1.165, 1.54) is 5.01 Å². The second kappa shape index (κ2) is 17.1. The average molecular weight is 733 g/mol. The van der Waals surface area contributed by atoms with Crippen LogP contribution in [0.3, 0.4) is 0 Å². The Morgan fingerprint density at radius 3 is 2.33 bits per heavy atom. The fourth-order valence-corrected chi connectivity index (χ4v) is 6.83. The van der Waals surface area contributed by atoms with E-state index in [4.69, 9.17) is 9.47 Å². The van der Waals surface area contributed by atoms with Crippen molar-refractivity contribution in [2.24, 2.45) is 0 Å². The zero-order valence-corrected chi connectivity index (χ0v) is 30.6. The van der Waals surface area contributed by atoms with Crippen LogP contribution in [0.2, 0.25) is 0 Å². The molecule has 0 radical (unpaired) electrons. The van der Waals surface area contributed by atoms with Crippen molar-refractivity contribution in [3.05, 3.63) is 108 Å². The summed E-state index contributed by atoms with van der Waals surface area (Å²) in [5.74, 6) is 0.459. The van der Waals surface area contributed by atoms with Gasteiger partial charge in [0, 0.05) is 32.6 Å². The molecule has 280 valence electrons. The van der Waals surface area contributed by atoms with Crippen LogP contribution in [0.15, 0.2) is 91.0 Å². The number of amides is 5. The quantitative estimate of drug-likeness (QED) is 0.197. The first-order valence-corrected chi connectivity index (χ1v) is 17.7. The fourth-order valence-electron chi connectivity index (χ4n) is 6.83. The minimum absolute atomic E-state index is 0.119. The SMILES string of the molecule is COc1ccc(CNC(=O)N(CC#N)N2CC(=O)N3[C@@H](Cc4ccc(OC(=O)NCCN(C)C)cc4)C(=O)N(Cc4cccc5ccccc45)C[C@@H]32)cc1. The molecule has 5 amide bonds. The fraction of sp³-hybridized carbons (Fsp3) is 0.325. The Kier molecular flexibility index (Phi) is 11.9. The molecule has 54 heavy (non-hydrogen) atoms. The summed E-state index contributed by atoms with van der Waals surface area (Å²) in [5, 5.41) is 20.3. The number of nitriles is 1. The summed E-state index contributed by atoms with van der Waals surface area (Å²) < 4.78 is 10.6. The Balaban J connectivity index is 1.25. The molecule has 2 heterocycles. The molecule has 0 saturated carbocycles. The molecular weight excluding hydrogens is 688 g/mol. The third kappa shape index (κ3) is 8.71. The smallest absolute Gasteiger partial charge is 0.412 e. The van der Waals surface area contributed by atoms with Gasteiger partial charge in [0.05, 0.1) is 26.3 Å². The van der Waals surface area contributed by atoms with Crippen LogP contribution in [0, 0.1) is 11.3 Å². The summed E-state index contributed by atoms with van der Waals surface area (Å²) in [6, 6.07) is 28.6. The predicted octanol–water partition coefficient (Wildman–Crippen LogP) is 3.57. The van der Waals surface area contributed by atoms with Gasteiger partial charge in [0.2, 0.25) is 11.8 Å². The van der Waals surface area contributed by atoms with E-state index in [9.17, 15) is 24.4 Å². The molecule has 14 nitrogen and oxygen atoms in total. The standard InChI is InChI=1S/C40H44N8O6/c1-44(2)22-20-42-40(52)54-33-17-11-28(12-18-33)23-35-38(50)45(25-31-9-6-8-30-7-4-5-10-34(30)31)26-36-47(27-37(49)48(35)36)46(21-19-41)39(51)43-24-29-13-15-32(53-3)16-14-29/h4-18,35-36H,20-27H2,1-3H3,(H,42,52)(H,43,51)/t35-,36+/m0/s1. The third-order valence-corrected chi connectivity index (χ3v) is 9.57. The van der Waals surface area contributed by atoms with Crippen molar-refractivity contribution in [3.8, 4) is 17.6 Å². The maximum Gasteiger partial charge on any atom is 0.412 e. The molecule has 2 aliphatic rings. The molecule has 0 unspecified atom stereocenters. The van der Waals surface area contributed by atoms with E-state index >= 15 is 0 Å². The first-order chi connectivity index (χ1) is 26.1. The highest BCUT2D eigenvalue weighted by atomic mass is 16.6. The number of benzene rings is 4.